The van der Waals surface area contributed by atoms with Gasteiger partial charge in [0.05, 0.1) is 19.3 Å². The third-order valence-corrected chi connectivity index (χ3v) is 11.7. The number of aliphatic hydroxyl groups excluding tert-OH is 1. The third-order valence-electron chi connectivity index (χ3n) is 9.92. The SMILES string of the molecule is CCOP(=O)(CO[C@]1(C(=O)COC(C)=O)CC[C@H]2[C@@H]3CC(C)=C4CC(=O)C=C[C@]4(C)[C@H]3[C@@H](O)C[C@@]21C)OCC. The van der Waals surface area contributed by atoms with Gasteiger partial charge in [-0.05, 0) is 64.4 Å². The lowest BCUT2D eigenvalue weighted by atomic mass is 9.46. The first kappa shape index (κ1) is 30.3. The molecule has 0 aromatic rings. The van der Waals surface area contributed by atoms with Crippen LogP contribution in [0.1, 0.15) is 73.6 Å². The fraction of sp³-hybridized carbons (Fsp3) is 0.759. The van der Waals surface area contributed by atoms with Crippen molar-refractivity contribution in [1.82, 2.24) is 0 Å². The highest BCUT2D eigenvalue weighted by Gasteiger charge is 2.69. The Morgan fingerprint density at radius 1 is 1.18 bits per heavy atom. The van der Waals surface area contributed by atoms with Crippen LogP contribution < -0.4 is 0 Å². The van der Waals surface area contributed by atoms with E-state index in [0.717, 1.165) is 17.6 Å². The highest BCUT2D eigenvalue weighted by atomic mass is 31.2. The van der Waals surface area contributed by atoms with Gasteiger partial charge in [-0.25, -0.2) is 0 Å². The number of hydrogen-bond donors (Lipinski definition) is 1. The van der Waals surface area contributed by atoms with Gasteiger partial charge in [0.2, 0.25) is 5.78 Å². The molecule has 0 radical (unpaired) electrons. The van der Waals surface area contributed by atoms with Crippen LogP contribution in [0.3, 0.4) is 0 Å². The molecule has 0 heterocycles. The Bertz CT molecular complexity index is 1120. The second-order valence-corrected chi connectivity index (χ2v) is 14.0. The molecular formula is C29H43O9P. The first-order valence-electron chi connectivity index (χ1n) is 14.0. The predicted octanol–water partition coefficient (Wildman–Crippen LogP) is 4.77. The van der Waals surface area contributed by atoms with Crippen molar-refractivity contribution in [2.75, 3.05) is 26.2 Å². The van der Waals surface area contributed by atoms with Gasteiger partial charge >= 0.3 is 13.6 Å². The molecule has 0 aliphatic heterocycles. The number of Topliss-reactive ketones (excluding diaryl/α,β-unsaturated/α-hetero) is 1. The summed E-state index contributed by atoms with van der Waals surface area (Å²) in [5.41, 5.74) is -0.458. The van der Waals surface area contributed by atoms with Crippen LogP contribution in [0, 0.1) is 28.6 Å². The van der Waals surface area contributed by atoms with Crippen LogP contribution in [-0.4, -0.2) is 60.5 Å². The fourth-order valence-corrected chi connectivity index (χ4v) is 9.81. The first-order chi connectivity index (χ1) is 18.3. The number of fused-ring (bicyclic) bond motifs is 5. The molecule has 0 aromatic carbocycles. The monoisotopic (exact) mass is 566 g/mol. The van der Waals surface area contributed by atoms with Crippen LogP contribution in [0.5, 0.6) is 0 Å². The van der Waals surface area contributed by atoms with Gasteiger partial charge in [-0.2, -0.15) is 0 Å². The number of rotatable bonds is 10. The van der Waals surface area contributed by atoms with Crippen molar-refractivity contribution in [3.8, 4) is 0 Å². The molecular weight excluding hydrogens is 523 g/mol. The van der Waals surface area contributed by atoms with Crippen molar-refractivity contribution in [2.45, 2.75) is 85.4 Å². The Morgan fingerprint density at radius 2 is 1.85 bits per heavy atom. The van der Waals surface area contributed by atoms with E-state index < -0.39 is 54.8 Å². The summed E-state index contributed by atoms with van der Waals surface area (Å²) in [6, 6.07) is 0. The summed E-state index contributed by atoms with van der Waals surface area (Å²) in [5, 5.41) is 11.8. The number of carbonyl (C=O) groups excluding carboxylic acids is 3. The molecule has 9 nitrogen and oxygen atoms in total. The fourth-order valence-electron chi connectivity index (χ4n) is 8.42. The van der Waals surface area contributed by atoms with Gasteiger partial charge in [0.15, 0.2) is 12.4 Å². The number of allylic oxidation sites excluding steroid dienone is 4. The Balaban J connectivity index is 1.74. The van der Waals surface area contributed by atoms with Crippen molar-refractivity contribution in [2.24, 2.45) is 28.6 Å². The van der Waals surface area contributed by atoms with Crippen molar-refractivity contribution in [1.29, 1.82) is 0 Å². The number of carbonyl (C=O) groups is 3. The van der Waals surface area contributed by atoms with Gasteiger partial charge in [0, 0.05) is 30.1 Å². The standard InChI is InChI=1S/C29H43O9P/c1-7-37-39(34,38-8-2)17-36-29(25(33)16-35-19(4)30)12-10-22-21-13-18(3)23-14-20(31)9-11-27(23,5)26(21)24(32)15-28(22,29)6/h9,11,21-22,24,26,32H,7-8,10,12-17H2,1-6H3/t21-,22-,24-,26+,27-,28-,29-/m0/s1. The Morgan fingerprint density at radius 3 is 2.46 bits per heavy atom. The van der Waals surface area contributed by atoms with Gasteiger partial charge in [-0.1, -0.05) is 31.1 Å². The van der Waals surface area contributed by atoms with Crippen LogP contribution in [0.15, 0.2) is 23.3 Å². The molecule has 4 aliphatic rings. The maximum absolute atomic E-state index is 13.9. The maximum atomic E-state index is 13.9. The zero-order chi connectivity index (χ0) is 28.8. The van der Waals surface area contributed by atoms with Crippen molar-refractivity contribution >= 4 is 25.1 Å². The largest absolute Gasteiger partial charge is 0.458 e. The molecule has 0 saturated heterocycles. The maximum Gasteiger partial charge on any atom is 0.356 e. The molecule has 4 rings (SSSR count). The predicted molar refractivity (Wildman–Crippen MR) is 144 cm³/mol. The zero-order valence-corrected chi connectivity index (χ0v) is 24.9. The molecule has 0 amide bonds. The van der Waals surface area contributed by atoms with E-state index >= 15 is 0 Å². The van der Waals surface area contributed by atoms with Gasteiger partial charge in [0.1, 0.15) is 11.9 Å². The zero-order valence-electron chi connectivity index (χ0n) is 24.0. The number of ketones is 2. The van der Waals surface area contributed by atoms with Crippen LogP contribution >= 0.6 is 7.60 Å². The lowest BCUT2D eigenvalue weighted by Crippen LogP contribution is -2.62. The summed E-state index contributed by atoms with van der Waals surface area (Å²) >= 11 is 0. The average Bonchev–Trinajstić information content (AvgIpc) is 3.15. The lowest BCUT2D eigenvalue weighted by molar-refractivity contribution is -0.190. The molecule has 0 aromatic heterocycles. The number of esters is 1. The van der Waals surface area contributed by atoms with Crippen molar-refractivity contribution in [3.63, 3.8) is 0 Å². The van der Waals surface area contributed by atoms with Gasteiger partial charge in [-0.3, -0.25) is 18.9 Å². The smallest absolute Gasteiger partial charge is 0.356 e. The van der Waals surface area contributed by atoms with Gasteiger partial charge in [0.25, 0.3) is 0 Å². The molecule has 0 bridgehead atoms. The molecule has 39 heavy (non-hydrogen) atoms. The summed E-state index contributed by atoms with van der Waals surface area (Å²) in [5.74, 6) is -0.980. The number of hydrogen-bond acceptors (Lipinski definition) is 9. The van der Waals surface area contributed by atoms with E-state index in [4.69, 9.17) is 18.5 Å². The van der Waals surface area contributed by atoms with Crippen molar-refractivity contribution in [3.05, 3.63) is 23.3 Å². The Hall–Kier alpha value is -1.64. The number of ether oxygens (including phenoxy) is 2. The molecule has 2 saturated carbocycles. The molecule has 0 unspecified atom stereocenters. The molecule has 1 N–H and O–H groups in total. The highest BCUT2D eigenvalue weighted by Crippen LogP contribution is 2.68. The number of aliphatic hydroxyl groups is 1. The van der Waals surface area contributed by atoms with Crippen LogP contribution in [0.2, 0.25) is 0 Å². The van der Waals surface area contributed by atoms with E-state index in [9.17, 15) is 24.1 Å². The highest BCUT2D eigenvalue weighted by molar-refractivity contribution is 7.53. The van der Waals surface area contributed by atoms with E-state index in [1.165, 1.54) is 6.92 Å². The van der Waals surface area contributed by atoms with Crippen LogP contribution in [0.25, 0.3) is 0 Å². The Kier molecular flexibility index (Phi) is 8.53. The minimum atomic E-state index is -3.65. The minimum Gasteiger partial charge on any atom is -0.458 e. The summed E-state index contributed by atoms with van der Waals surface area (Å²) < 4.78 is 35.8. The topological polar surface area (TPSA) is 125 Å². The summed E-state index contributed by atoms with van der Waals surface area (Å²) in [6.45, 7) is 10.6. The van der Waals surface area contributed by atoms with E-state index in [1.807, 2.05) is 13.0 Å². The van der Waals surface area contributed by atoms with Gasteiger partial charge < -0.3 is 23.6 Å². The molecule has 10 heteroatoms. The molecule has 4 aliphatic carbocycles. The average molecular weight is 567 g/mol. The Labute approximate surface area is 231 Å². The van der Waals surface area contributed by atoms with E-state index in [1.54, 1.807) is 19.9 Å². The van der Waals surface area contributed by atoms with E-state index in [2.05, 4.69) is 13.8 Å². The quantitative estimate of drug-likeness (QED) is 0.226. The summed E-state index contributed by atoms with van der Waals surface area (Å²) in [4.78, 5) is 37.8. The van der Waals surface area contributed by atoms with E-state index in [-0.39, 0.29) is 43.2 Å². The summed E-state index contributed by atoms with van der Waals surface area (Å²) in [7, 11) is -3.65. The molecule has 2 fully saturated rings. The van der Waals surface area contributed by atoms with Crippen LogP contribution in [-0.2, 0) is 37.5 Å². The molecule has 7 atom stereocenters. The molecule has 0 spiro atoms. The third kappa shape index (κ3) is 5.03. The van der Waals surface area contributed by atoms with Crippen molar-refractivity contribution < 1.29 is 42.6 Å². The summed E-state index contributed by atoms with van der Waals surface area (Å²) in [6.07, 6.45) is 4.78. The second-order valence-electron chi connectivity index (χ2n) is 12.0. The van der Waals surface area contributed by atoms with Crippen LogP contribution in [0.4, 0.5) is 0 Å². The minimum absolute atomic E-state index is 0.00473. The van der Waals surface area contributed by atoms with Gasteiger partial charge in [-0.15, -0.1) is 0 Å². The second kappa shape index (κ2) is 11.0. The first-order valence-corrected chi connectivity index (χ1v) is 15.8. The lowest BCUT2D eigenvalue weighted by Gasteiger charge is -2.60. The normalized spacial score (nSPS) is 37.8. The molecule has 218 valence electrons. The van der Waals surface area contributed by atoms with E-state index in [0.29, 0.717) is 19.3 Å².